The van der Waals surface area contributed by atoms with Gasteiger partial charge in [-0.05, 0) is 0 Å². The zero-order valence-electron chi connectivity index (χ0n) is 7.54. The Morgan fingerprint density at radius 1 is 1.38 bits per heavy atom. The molecule has 0 fully saturated rings. The van der Waals surface area contributed by atoms with Crippen LogP contribution in [0.5, 0.6) is 0 Å². The third kappa shape index (κ3) is 8.77. The molecular formula is C7H14N2O4. The standard InChI is InChI=1S/C7H14N2O4/c1-12-5-7(11)9-2-3-13-4-6(8)10/h2-5H2,1H3,(H2,8,10)(H,9,11). The highest BCUT2D eigenvalue weighted by molar-refractivity contribution is 5.77. The SMILES string of the molecule is COCC(=O)NCCOCC(N)=O. The molecule has 76 valence electrons. The molecular weight excluding hydrogens is 176 g/mol. The molecule has 0 rings (SSSR count). The van der Waals surface area contributed by atoms with Crippen molar-refractivity contribution in [3.63, 3.8) is 0 Å². The van der Waals surface area contributed by atoms with Gasteiger partial charge in [0.2, 0.25) is 11.8 Å². The van der Waals surface area contributed by atoms with Gasteiger partial charge in [-0.1, -0.05) is 0 Å². The summed E-state index contributed by atoms with van der Waals surface area (Å²) < 4.78 is 9.37. The van der Waals surface area contributed by atoms with Gasteiger partial charge in [-0.3, -0.25) is 9.59 Å². The normalized spacial score (nSPS) is 9.62. The van der Waals surface area contributed by atoms with Crippen molar-refractivity contribution in [2.24, 2.45) is 5.73 Å². The second kappa shape index (κ2) is 7.51. The maximum atomic E-state index is 10.8. The van der Waals surface area contributed by atoms with Gasteiger partial charge < -0.3 is 20.5 Å². The molecule has 13 heavy (non-hydrogen) atoms. The summed E-state index contributed by atoms with van der Waals surface area (Å²) in [5.41, 5.74) is 4.81. The Morgan fingerprint density at radius 3 is 2.62 bits per heavy atom. The molecule has 0 aromatic rings. The van der Waals surface area contributed by atoms with Crippen LogP contribution in [0.3, 0.4) is 0 Å². The molecule has 0 aromatic heterocycles. The van der Waals surface area contributed by atoms with Crippen LogP contribution in [0.25, 0.3) is 0 Å². The van der Waals surface area contributed by atoms with Crippen molar-refractivity contribution in [3.8, 4) is 0 Å². The molecule has 0 aromatic carbocycles. The first kappa shape index (κ1) is 11.9. The van der Waals surface area contributed by atoms with Crippen LogP contribution in [-0.2, 0) is 19.1 Å². The van der Waals surface area contributed by atoms with E-state index in [2.05, 4.69) is 10.1 Å². The van der Waals surface area contributed by atoms with E-state index >= 15 is 0 Å². The molecule has 0 atom stereocenters. The van der Waals surface area contributed by atoms with Gasteiger partial charge in [0.1, 0.15) is 13.2 Å². The largest absolute Gasteiger partial charge is 0.375 e. The fraction of sp³-hybridized carbons (Fsp3) is 0.714. The van der Waals surface area contributed by atoms with Crippen molar-refractivity contribution in [3.05, 3.63) is 0 Å². The first-order valence-electron chi connectivity index (χ1n) is 3.78. The van der Waals surface area contributed by atoms with E-state index in [-0.39, 0.29) is 25.7 Å². The van der Waals surface area contributed by atoms with E-state index < -0.39 is 5.91 Å². The number of carbonyl (C=O) groups is 2. The molecule has 6 heteroatoms. The molecule has 0 unspecified atom stereocenters. The number of rotatable bonds is 7. The summed E-state index contributed by atoms with van der Waals surface area (Å²) in [4.78, 5) is 20.9. The van der Waals surface area contributed by atoms with Gasteiger partial charge in [-0.2, -0.15) is 0 Å². The molecule has 0 bridgehead atoms. The summed E-state index contributed by atoms with van der Waals surface area (Å²) in [6, 6.07) is 0. The van der Waals surface area contributed by atoms with Gasteiger partial charge in [0.05, 0.1) is 6.61 Å². The van der Waals surface area contributed by atoms with E-state index in [4.69, 9.17) is 10.5 Å². The average molecular weight is 190 g/mol. The molecule has 0 saturated carbocycles. The number of hydrogen-bond acceptors (Lipinski definition) is 4. The number of carbonyl (C=O) groups excluding carboxylic acids is 2. The maximum absolute atomic E-state index is 10.8. The Kier molecular flexibility index (Phi) is 6.85. The minimum atomic E-state index is -0.525. The number of nitrogens with one attached hydrogen (secondary N) is 1. The highest BCUT2D eigenvalue weighted by Gasteiger charge is 1.98. The fourth-order valence-electron chi connectivity index (χ4n) is 0.618. The summed E-state index contributed by atoms with van der Waals surface area (Å²) in [7, 11) is 1.43. The van der Waals surface area contributed by atoms with Crippen LogP contribution in [-0.4, -0.2) is 45.3 Å². The highest BCUT2D eigenvalue weighted by atomic mass is 16.5. The van der Waals surface area contributed by atoms with Crippen molar-refractivity contribution in [1.82, 2.24) is 5.32 Å². The molecule has 6 nitrogen and oxygen atoms in total. The van der Waals surface area contributed by atoms with Crippen LogP contribution in [0, 0.1) is 0 Å². The second-order valence-electron chi connectivity index (χ2n) is 2.30. The van der Waals surface area contributed by atoms with E-state index in [1.807, 2.05) is 0 Å². The number of primary amides is 1. The Bertz CT molecular complexity index is 172. The molecule has 0 spiro atoms. The van der Waals surface area contributed by atoms with Gasteiger partial charge in [0.15, 0.2) is 0 Å². The van der Waals surface area contributed by atoms with Crippen molar-refractivity contribution in [2.45, 2.75) is 0 Å². The molecule has 0 aliphatic rings. The number of hydrogen-bond donors (Lipinski definition) is 2. The second-order valence-corrected chi connectivity index (χ2v) is 2.30. The summed E-state index contributed by atoms with van der Waals surface area (Å²) in [5, 5.41) is 2.52. The van der Waals surface area contributed by atoms with Gasteiger partial charge >= 0.3 is 0 Å². The lowest BCUT2D eigenvalue weighted by molar-refractivity contribution is -0.125. The lowest BCUT2D eigenvalue weighted by Crippen LogP contribution is -2.31. The molecule has 0 saturated heterocycles. The topological polar surface area (TPSA) is 90.7 Å². The van der Waals surface area contributed by atoms with Crippen LogP contribution < -0.4 is 11.1 Å². The van der Waals surface area contributed by atoms with Crippen LogP contribution in [0.1, 0.15) is 0 Å². The first-order valence-corrected chi connectivity index (χ1v) is 3.78. The van der Waals surface area contributed by atoms with Crippen LogP contribution in [0.4, 0.5) is 0 Å². The molecule has 0 aliphatic carbocycles. The van der Waals surface area contributed by atoms with Gasteiger partial charge in [0, 0.05) is 13.7 Å². The monoisotopic (exact) mass is 190 g/mol. The zero-order chi connectivity index (χ0) is 10.1. The highest BCUT2D eigenvalue weighted by Crippen LogP contribution is 1.73. The van der Waals surface area contributed by atoms with Crippen LogP contribution >= 0.6 is 0 Å². The van der Waals surface area contributed by atoms with Crippen LogP contribution in [0.15, 0.2) is 0 Å². The Hall–Kier alpha value is -1.14. The number of methoxy groups -OCH3 is 1. The quantitative estimate of drug-likeness (QED) is 0.466. The van der Waals surface area contributed by atoms with Gasteiger partial charge in [-0.15, -0.1) is 0 Å². The van der Waals surface area contributed by atoms with Crippen molar-refractivity contribution in [2.75, 3.05) is 33.5 Å². The van der Waals surface area contributed by atoms with Crippen molar-refractivity contribution in [1.29, 1.82) is 0 Å². The Balaban J connectivity index is 3.16. The number of ether oxygens (including phenoxy) is 2. The van der Waals surface area contributed by atoms with Crippen molar-refractivity contribution >= 4 is 11.8 Å². The minimum absolute atomic E-state index is 0.0236. The molecule has 2 amide bonds. The maximum Gasteiger partial charge on any atom is 0.246 e. The molecule has 0 radical (unpaired) electrons. The summed E-state index contributed by atoms with van der Waals surface area (Å²) in [6.07, 6.45) is 0. The lowest BCUT2D eigenvalue weighted by atomic mass is 10.6. The van der Waals surface area contributed by atoms with Gasteiger partial charge in [-0.25, -0.2) is 0 Å². The summed E-state index contributed by atoms with van der Waals surface area (Å²) in [6.45, 7) is 0.504. The van der Waals surface area contributed by atoms with E-state index in [9.17, 15) is 9.59 Å². The first-order chi connectivity index (χ1) is 6.16. The smallest absolute Gasteiger partial charge is 0.246 e. The van der Waals surface area contributed by atoms with E-state index in [1.165, 1.54) is 7.11 Å². The molecule has 0 aliphatic heterocycles. The summed E-state index contributed by atoms with van der Waals surface area (Å²) >= 11 is 0. The fourth-order valence-corrected chi connectivity index (χ4v) is 0.618. The minimum Gasteiger partial charge on any atom is -0.375 e. The van der Waals surface area contributed by atoms with Crippen molar-refractivity contribution < 1.29 is 19.1 Å². The average Bonchev–Trinajstić information content (AvgIpc) is 2.03. The Morgan fingerprint density at radius 2 is 2.08 bits per heavy atom. The predicted molar refractivity (Wildman–Crippen MR) is 44.9 cm³/mol. The number of nitrogens with two attached hydrogens (primary N) is 1. The van der Waals surface area contributed by atoms with E-state index in [0.29, 0.717) is 6.54 Å². The van der Waals surface area contributed by atoms with E-state index in [1.54, 1.807) is 0 Å². The molecule has 3 N–H and O–H groups in total. The molecule has 0 heterocycles. The predicted octanol–water partition coefficient (Wildman–Crippen LogP) is -1.75. The third-order valence-electron chi connectivity index (χ3n) is 1.09. The van der Waals surface area contributed by atoms with Gasteiger partial charge in [0.25, 0.3) is 0 Å². The summed E-state index contributed by atoms with van der Waals surface area (Å²) in [5.74, 6) is -0.742. The number of amides is 2. The third-order valence-corrected chi connectivity index (χ3v) is 1.09. The lowest BCUT2D eigenvalue weighted by Gasteiger charge is -2.03. The zero-order valence-corrected chi connectivity index (χ0v) is 7.54. The Labute approximate surface area is 76.4 Å². The van der Waals surface area contributed by atoms with Crippen LogP contribution in [0.2, 0.25) is 0 Å². The van der Waals surface area contributed by atoms with E-state index in [0.717, 1.165) is 0 Å².